The smallest absolute Gasteiger partial charge is 0.326 e. The van der Waals surface area contributed by atoms with Gasteiger partial charge in [-0.3, -0.25) is 19.3 Å². The van der Waals surface area contributed by atoms with Gasteiger partial charge in [0, 0.05) is 15.6 Å². The maximum atomic E-state index is 12.3. The number of rotatable bonds is 4. The van der Waals surface area contributed by atoms with E-state index in [2.05, 4.69) is 0 Å². The van der Waals surface area contributed by atoms with Gasteiger partial charge in [0.1, 0.15) is 13.2 Å². The van der Waals surface area contributed by atoms with E-state index in [1.165, 1.54) is 0 Å². The average molecular weight is 368 g/mol. The number of esters is 1. The van der Waals surface area contributed by atoms with Crippen molar-refractivity contribution >= 4 is 41.0 Å². The molecule has 1 aliphatic heterocycles. The summed E-state index contributed by atoms with van der Waals surface area (Å²) in [5, 5.41) is 0.875. The third kappa shape index (κ3) is 3.32. The van der Waals surface area contributed by atoms with Crippen LogP contribution in [0.4, 0.5) is 0 Å². The van der Waals surface area contributed by atoms with Crippen LogP contribution in [0.5, 0.6) is 0 Å². The predicted molar refractivity (Wildman–Crippen MR) is 88.3 cm³/mol. The molecule has 126 valence electrons. The first-order chi connectivity index (χ1) is 11.5. The Morgan fingerprint density at radius 3 is 2.33 bits per heavy atom. The summed E-state index contributed by atoms with van der Waals surface area (Å²) < 4.78 is 5.13. The third-order valence-electron chi connectivity index (χ3n) is 4.29. The van der Waals surface area contributed by atoms with Crippen LogP contribution in [-0.2, 0) is 25.7 Å². The van der Waals surface area contributed by atoms with Crippen LogP contribution >= 0.6 is 23.2 Å². The van der Waals surface area contributed by atoms with Crippen LogP contribution in [0.15, 0.2) is 30.4 Å². The fourth-order valence-electron chi connectivity index (χ4n) is 3.00. The Morgan fingerprint density at radius 1 is 1.12 bits per heavy atom. The van der Waals surface area contributed by atoms with Gasteiger partial charge in [-0.25, -0.2) is 0 Å². The average Bonchev–Trinajstić information content (AvgIpc) is 2.79. The molecule has 5 nitrogen and oxygen atoms in total. The number of allylic oxidation sites excluding steroid dienone is 2. The fourth-order valence-corrected chi connectivity index (χ4v) is 3.46. The van der Waals surface area contributed by atoms with Gasteiger partial charge in [-0.1, -0.05) is 41.4 Å². The number of hydrogen-bond acceptors (Lipinski definition) is 4. The molecule has 0 N–H and O–H groups in total. The second-order valence-corrected chi connectivity index (χ2v) is 6.66. The first-order valence-electron chi connectivity index (χ1n) is 7.57. The van der Waals surface area contributed by atoms with Gasteiger partial charge < -0.3 is 4.74 Å². The molecule has 3 rings (SSSR count). The van der Waals surface area contributed by atoms with Crippen LogP contribution in [0.3, 0.4) is 0 Å². The van der Waals surface area contributed by atoms with E-state index < -0.39 is 5.97 Å². The number of amides is 2. The minimum atomic E-state index is -0.644. The predicted octanol–water partition coefficient (Wildman–Crippen LogP) is 2.99. The van der Waals surface area contributed by atoms with E-state index in [0.717, 1.165) is 4.90 Å². The van der Waals surface area contributed by atoms with Crippen LogP contribution in [0, 0.1) is 11.8 Å². The summed E-state index contributed by atoms with van der Waals surface area (Å²) in [6, 6.07) is 4.85. The standard InChI is InChI=1S/C17H15Cl2NO4/c18-11-6-5-10(14(19)7-11)9-24-15(21)8-20-16(22)12-3-1-2-4-13(12)17(20)23/h1-2,5-7,12-13H,3-4,8-9H2/t12-,13-/m1/s1. The molecular weight excluding hydrogens is 353 g/mol. The van der Waals surface area contributed by atoms with Crippen LogP contribution < -0.4 is 0 Å². The number of fused-ring (bicyclic) bond motifs is 1. The summed E-state index contributed by atoms with van der Waals surface area (Å²) >= 11 is 11.8. The molecule has 1 aliphatic carbocycles. The molecule has 0 spiro atoms. The lowest BCUT2D eigenvalue weighted by molar-refractivity contribution is -0.153. The second-order valence-electron chi connectivity index (χ2n) is 5.81. The van der Waals surface area contributed by atoms with Gasteiger partial charge in [-0.05, 0) is 25.0 Å². The Morgan fingerprint density at radius 2 is 1.75 bits per heavy atom. The Kier molecular flexibility index (Phi) is 4.92. The van der Waals surface area contributed by atoms with Crippen molar-refractivity contribution < 1.29 is 19.1 Å². The SMILES string of the molecule is O=C(CN1C(=O)[C@@H]2CC=CC[C@H]2C1=O)OCc1ccc(Cl)cc1Cl. The van der Waals surface area contributed by atoms with Crippen molar-refractivity contribution in [1.82, 2.24) is 4.90 Å². The first kappa shape index (κ1) is 17.0. The van der Waals surface area contributed by atoms with Gasteiger partial charge in [-0.2, -0.15) is 0 Å². The van der Waals surface area contributed by atoms with Crippen LogP contribution in [-0.4, -0.2) is 29.2 Å². The van der Waals surface area contributed by atoms with Crippen molar-refractivity contribution in [2.45, 2.75) is 19.4 Å². The highest BCUT2D eigenvalue weighted by molar-refractivity contribution is 6.35. The zero-order chi connectivity index (χ0) is 17.3. The molecule has 2 atom stereocenters. The topological polar surface area (TPSA) is 63.7 Å². The van der Waals surface area contributed by atoms with Crippen LogP contribution in [0.25, 0.3) is 0 Å². The van der Waals surface area contributed by atoms with Crippen molar-refractivity contribution in [1.29, 1.82) is 0 Å². The van der Waals surface area contributed by atoms with Gasteiger partial charge >= 0.3 is 5.97 Å². The molecule has 1 fully saturated rings. The second kappa shape index (κ2) is 6.95. The molecule has 0 saturated carbocycles. The highest BCUT2D eigenvalue weighted by Gasteiger charge is 2.47. The van der Waals surface area contributed by atoms with E-state index in [0.29, 0.717) is 28.5 Å². The van der Waals surface area contributed by atoms with Crippen molar-refractivity contribution in [3.8, 4) is 0 Å². The van der Waals surface area contributed by atoms with E-state index in [1.54, 1.807) is 18.2 Å². The Balaban J connectivity index is 1.59. The van der Waals surface area contributed by atoms with E-state index >= 15 is 0 Å². The summed E-state index contributed by atoms with van der Waals surface area (Å²) in [5.41, 5.74) is 0.603. The molecule has 0 aromatic heterocycles. The number of benzene rings is 1. The molecule has 1 aromatic rings. The van der Waals surface area contributed by atoms with Gasteiger partial charge in [0.05, 0.1) is 11.8 Å². The number of nitrogens with zero attached hydrogens (tertiary/aromatic N) is 1. The summed E-state index contributed by atoms with van der Waals surface area (Å²) in [6.07, 6.45) is 4.88. The van der Waals surface area contributed by atoms with E-state index in [1.807, 2.05) is 12.2 Å². The number of halogens is 2. The molecule has 7 heteroatoms. The number of likely N-dealkylation sites (tertiary alicyclic amines) is 1. The molecular formula is C17H15Cl2NO4. The molecule has 2 aliphatic rings. The van der Waals surface area contributed by atoms with Crippen molar-refractivity contribution in [2.75, 3.05) is 6.54 Å². The first-order valence-corrected chi connectivity index (χ1v) is 8.32. The lowest BCUT2D eigenvalue weighted by atomic mass is 9.85. The van der Waals surface area contributed by atoms with Crippen LogP contribution in [0.2, 0.25) is 10.0 Å². The molecule has 1 saturated heterocycles. The largest absolute Gasteiger partial charge is 0.459 e. The quantitative estimate of drug-likeness (QED) is 0.466. The zero-order valence-corrected chi connectivity index (χ0v) is 14.2. The van der Waals surface area contributed by atoms with E-state index in [4.69, 9.17) is 27.9 Å². The maximum absolute atomic E-state index is 12.3. The Hall–Kier alpha value is -1.85. The highest BCUT2D eigenvalue weighted by atomic mass is 35.5. The molecule has 0 radical (unpaired) electrons. The lowest BCUT2D eigenvalue weighted by Crippen LogP contribution is -2.36. The molecule has 1 aromatic carbocycles. The Bertz CT molecular complexity index is 705. The fraction of sp³-hybridized carbons (Fsp3) is 0.353. The van der Waals surface area contributed by atoms with Gasteiger partial charge in [0.15, 0.2) is 0 Å². The number of imide groups is 1. The number of carbonyl (C=O) groups is 3. The zero-order valence-electron chi connectivity index (χ0n) is 12.7. The lowest BCUT2D eigenvalue weighted by Gasteiger charge is -2.14. The number of carbonyl (C=O) groups excluding carboxylic acids is 3. The van der Waals surface area contributed by atoms with Gasteiger partial charge in [0.25, 0.3) is 0 Å². The summed E-state index contributed by atoms with van der Waals surface area (Å²) in [7, 11) is 0. The number of ether oxygens (including phenoxy) is 1. The van der Waals surface area contributed by atoms with Crippen molar-refractivity contribution in [3.63, 3.8) is 0 Å². The van der Waals surface area contributed by atoms with Crippen molar-refractivity contribution in [3.05, 3.63) is 46.0 Å². The maximum Gasteiger partial charge on any atom is 0.326 e. The summed E-state index contributed by atoms with van der Waals surface area (Å²) in [6.45, 7) is -0.407. The van der Waals surface area contributed by atoms with E-state index in [-0.39, 0.29) is 36.8 Å². The van der Waals surface area contributed by atoms with Gasteiger partial charge in [-0.15, -0.1) is 0 Å². The molecule has 1 heterocycles. The normalized spacial score (nSPS) is 22.7. The molecule has 24 heavy (non-hydrogen) atoms. The van der Waals surface area contributed by atoms with E-state index in [9.17, 15) is 14.4 Å². The Labute approximate surface area is 149 Å². The molecule has 0 unspecified atom stereocenters. The highest BCUT2D eigenvalue weighted by Crippen LogP contribution is 2.34. The van der Waals surface area contributed by atoms with Crippen molar-refractivity contribution in [2.24, 2.45) is 11.8 Å². The monoisotopic (exact) mass is 367 g/mol. The van der Waals surface area contributed by atoms with Gasteiger partial charge in [0.2, 0.25) is 11.8 Å². The van der Waals surface area contributed by atoms with Crippen LogP contribution in [0.1, 0.15) is 18.4 Å². The minimum absolute atomic E-state index is 0.0422. The number of hydrogen-bond donors (Lipinski definition) is 0. The molecule has 0 bridgehead atoms. The summed E-state index contributed by atoms with van der Waals surface area (Å²) in [5.74, 6) is -1.93. The summed E-state index contributed by atoms with van der Waals surface area (Å²) in [4.78, 5) is 37.6. The minimum Gasteiger partial charge on any atom is -0.459 e. The molecule has 2 amide bonds. The third-order valence-corrected chi connectivity index (χ3v) is 4.88.